The van der Waals surface area contributed by atoms with E-state index >= 15 is 0 Å². The largest absolute Gasteiger partial charge is 0.130 e. The smallest absolute Gasteiger partial charge is 0.00695 e. The zero-order valence-corrected chi connectivity index (χ0v) is 11.0. The minimum absolute atomic E-state index is 0.322. The van der Waals surface area contributed by atoms with Crippen LogP contribution in [0, 0.1) is 5.41 Å². The predicted molar refractivity (Wildman–Crippen MR) is 73.7 cm³/mol. The molecule has 0 N–H and O–H groups in total. The third-order valence-corrected chi connectivity index (χ3v) is 3.73. The third kappa shape index (κ3) is 2.59. The second kappa shape index (κ2) is 4.50. The Labute approximate surface area is 102 Å². The molecule has 0 bridgehead atoms. The van der Waals surface area contributed by atoms with Crippen LogP contribution in [0.15, 0.2) is 47.4 Å². The average molecular weight is 230 g/mol. The number of benzene rings is 1. The normalized spacial score (nSPS) is 18.3. The van der Waals surface area contributed by atoms with E-state index in [0.29, 0.717) is 5.41 Å². The van der Waals surface area contributed by atoms with Gasteiger partial charge in [0.25, 0.3) is 0 Å². The standard InChI is InChI=1S/C15H18S/c1-15(2)10-8-13(9-11-15)12-4-6-14(16-3)7-5-12/h4-10H,11H2,1-3H3. The molecule has 0 saturated heterocycles. The van der Waals surface area contributed by atoms with Gasteiger partial charge < -0.3 is 0 Å². The molecule has 1 aliphatic rings. The van der Waals surface area contributed by atoms with Gasteiger partial charge in [-0.1, -0.05) is 44.2 Å². The molecular formula is C15H18S. The van der Waals surface area contributed by atoms with Crippen LogP contribution in [0.3, 0.4) is 0 Å². The van der Waals surface area contributed by atoms with E-state index in [1.54, 1.807) is 11.8 Å². The molecule has 1 aromatic carbocycles. The maximum Gasteiger partial charge on any atom is 0.00695 e. The van der Waals surface area contributed by atoms with Crippen LogP contribution in [0.25, 0.3) is 5.57 Å². The third-order valence-electron chi connectivity index (χ3n) is 2.99. The van der Waals surface area contributed by atoms with Crippen molar-refractivity contribution in [2.75, 3.05) is 6.26 Å². The van der Waals surface area contributed by atoms with Gasteiger partial charge in [-0.3, -0.25) is 0 Å². The highest BCUT2D eigenvalue weighted by Crippen LogP contribution is 2.32. The second-order valence-electron chi connectivity index (χ2n) is 4.91. The molecule has 0 saturated carbocycles. The molecule has 16 heavy (non-hydrogen) atoms. The van der Waals surface area contributed by atoms with E-state index in [4.69, 9.17) is 0 Å². The van der Waals surface area contributed by atoms with Gasteiger partial charge in [-0.15, -0.1) is 11.8 Å². The first-order valence-electron chi connectivity index (χ1n) is 5.64. The van der Waals surface area contributed by atoms with E-state index in [-0.39, 0.29) is 0 Å². The van der Waals surface area contributed by atoms with Crippen molar-refractivity contribution in [3.63, 3.8) is 0 Å². The predicted octanol–water partition coefficient (Wildman–Crippen LogP) is 4.78. The summed E-state index contributed by atoms with van der Waals surface area (Å²) >= 11 is 1.79. The fourth-order valence-corrected chi connectivity index (χ4v) is 2.23. The molecule has 2 rings (SSSR count). The van der Waals surface area contributed by atoms with Gasteiger partial charge in [0.2, 0.25) is 0 Å². The summed E-state index contributed by atoms with van der Waals surface area (Å²) in [4.78, 5) is 1.32. The Kier molecular flexibility index (Phi) is 3.25. The number of allylic oxidation sites excluding steroid dienone is 4. The van der Waals surface area contributed by atoms with Crippen molar-refractivity contribution in [2.45, 2.75) is 25.2 Å². The van der Waals surface area contributed by atoms with Crippen LogP contribution in [0.1, 0.15) is 25.8 Å². The van der Waals surface area contributed by atoms with Gasteiger partial charge in [0.1, 0.15) is 0 Å². The first-order chi connectivity index (χ1) is 7.61. The fourth-order valence-electron chi connectivity index (χ4n) is 1.82. The molecule has 1 aromatic rings. The molecule has 0 nitrogen and oxygen atoms in total. The lowest BCUT2D eigenvalue weighted by Gasteiger charge is -2.22. The summed E-state index contributed by atoms with van der Waals surface area (Å²) in [7, 11) is 0. The lowest BCUT2D eigenvalue weighted by Crippen LogP contribution is -2.08. The van der Waals surface area contributed by atoms with Gasteiger partial charge in [-0.05, 0) is 41.4 Å². The molecule has 1 aliphatic carbocycles. The summed E-state index contributed by atoms with van der Waals surface area (Å²) in [5.41, 5.74) is 3.00. The SMILES string of the molecule is CSc1ccc(C2=CCC(C)(C)C=C2)cc1. The molecule has 0 radical (unpaired) electrons. The van der Waals surface area contributed by atoms with Crippen LogP contribution >= 0.6 is 11.8 Å². The van der Waals surface area contributed by atoms with Crippen LogP contribution < -0.4 is 0 Å². The van der Waals surface area contributed by atoms with E-state index in [0.717, 1.165) is 6.42 Å². The Morgan fingerprint density at radius 2 is 1.81 bits per heavy atom. The molecule has 1 heteroatoms. The summed E-state index contributed by atoms with van der Waals surface area (Å²) in [6.45, 7) is 4.54. The van der Waals surface area contributed by atoms with E-state index in [2.05, 4.69) is 62.6 Å². The van der Waals surface area contributed by atoms with Crippen LogP contribution in [0.4, 0.5) is 0 Å². The van der Waals surface area contributed by atoms with Crippen LogP contribution in [-0.2, 0) is 0 Å². The van der Waals surface area contributed by atoms with Gasteiger partial charge in [0, 0.05) is 4.90 Å². The average Bonchev–Trinajstić information content (AvgIpc) is 2.29. The van der Waals surface area contributed by atoms with Crippen molar-refractivity contribution >= 4 is 17.3 Å². The van der Waals surface area contributed by atoms with Crippen molar-refractivity contribution < 1.29 is 0 Å². The molecule has 0 fully saturated rings. The van der Waals surface area contributed by atoms with Crippen molar-refractivity contribution in [1.29, 1.82) is 0 Å². The van der Waals surface area contributed by atoms with Gasteiger partial charge in [0.05, 0.1) is 0 Å². The van der Waals surface area contributed by atoms with E-state index < -0.39 is 0 Å². The Morgan fingerprint density at radius 3 is 2.31 bits per heavy atom. The van der Waals surface area contributed by atoms with Gasteiger partial charge in [-0.25, -0.2) is 0 Å². The first kappa shape index (κ1) is 11.5. The van der Waals surface area contributed by atoms with Gasteiger partial charge in [0.15, 0.2) is 0 Å². The molecule has 0 amide bonds. The fraction of sp³-hybridized carbons (Fsp3) is 0.333. The van der Waals surface area contributed by atoms with E-state index in [1.165, 1.54) is 16.0 Å². The summed E-state index contributed by atoms with van der Waals surface area (Å²) in [5.74, 6) is 0. The highest BCUT2D eigenvalue weighted by atomic mass is 32.2. The van der Waals surface area contributed by atoms with Crippen molar-refractivity contribution in [1.82, 2.24) is 0 Å². The number of hydrogen-bond acceptors (Lipinski definition) is 1. The topological polar surface area (TPSA) is 0 Å². The molecule has 0 heterocycles. The summed E-state index contributed by atoms with van der Waals surface area (Å²) in [6.07, 6.45) is 10.1. The second-order valence-corrected chi connectivity index (χ2v) is 5.79. The van der Waals surface area contributed by atoms with Crippen molar-refractivity contribution in [2.24, 2.45) is 5.41 Å². The lowest BCUT2D eigenvalue weighted by molar-refractivity contribution is 0.485. The number of thioether (sulfide) groups is 1. The molecule has 0 unspecified atom stereocenters. The monoisotopic (exact) mass is 230 g/mol. The highest BCUT2D eigenvalue weighted by molar-refractivity contribution is 7.98. The highest BCUT2D eigenvalue weighted by Gasteiger charge is 2.16. The van der Waals surface area contributed by atoms with Crippen molar-refractivity contribution in [3.8, 4) is 0 Å². The van der Waals surface area contributed by atoms with E-state index in [9.17, 15) is 0 Å². The molecule has 0 aromatic heterocycles. The van der Waals surface area contributed by atoms with Crippen LogP contribution in [0.2, 0.25) is 0 Å². The van der Waals surface area contributed by atoms with Crippen molar-refractivity contribution in [3.05, 3.63) is 48.1 Å². The number of hydrogen-bond donors (Lipinski definition) is 0. The van der Waals surface area contributed by atoms with E-state index in [1.807, 2.05) is 0 Å². The summed E-state index contributed by atoms with van der Waals surface area (Å²) < 4.78 is 0. The quantitative estimate of drug-likeness (QED) is 0.659. The lowest BCUT2D eigenvalue weighted by atomic mass is 9.83. The van der Waals surface area contributed by atoms with Gasteiger partial charge >= 0.3 is 0 Å². The van der Waals surface area contributed by atoms with Crippen LogP contribution in [0.5, 0.6) is 0 Å². The Hall–Kier alpha value is -0.950. The Bertz CT molecular complexity index is 421. The minimum atomic E-state index is 0.322. The molecule has 0 atom stereocenters. The zero-order chi connectivity index (χ0) is 11.6. The molecule has 0 aliphatic heterocycles. The molecule has 0 spiro atoms. The zero-order valence-electron chi connectivity index (χ0n) is 10.2. The maximum atomic E-state index is 2.34. The molecular weight excluding hydrogens is 212 g/mol. The number of rotatable bonds is 2. The Balaban J connectivity index is 2.20. The maximum absolute atomic E-state index is 2.34. The Morgan fingerprint density at radius 1 is 1.12 bits per heavy atom. The summed E-state index contributed by atoms with van der Waals surface area (Å²) in [5, 5.41) is 0. The summed E-state index contributed by atoms with van der Waals surface area (Å²) in [6, 6.07) is 8.80. The minimum Gasteiger partial charge on any atom is -0.130 e. The first-order valence-corrected chi connectivity index (χ1v) is 6.87. The molecule has 84 valence electrons. The van der Waals surface area contributed by atoms with Gasteiger partial charge in [-0.2, -0.15) is 0 Å². The van der Waals surface area contributed by atoms with Crippen LogP contribution in [-0.4, -0.2) is 6.26 Å².